The molecule has 0 rings (SSSR count). The van der Waals surface area contributed by atoms with Gasteiger partial charge in [-0.3, -0.25) is 9.36 Å². The Balaban J connectivity index is 3.84. The minimum atomic E-state index is -4.47. The third-order valence-electron chi connectivity index (χ3n) is 6.21. The van der Waals surface area contributed by atoms with E-state index < -0.39 is 19.9 Å². The highest BCUT2D eigenvalue weighted by atomic mass is 31.2. The van der Waals surface area contributed by atoms with Gasteiger partial charge in [-0.25, -0.2) is 0 Å². The summed E-state index contributed by atoms with van der Waals surface area (Å²) in [6, 6.07) is 0. The Labute approximate surface area is 228 Å². The number of likely N-dealkylation sites (N-methyl/N-ethyl adjacent to an activating group) is 1. The minimum absolute atomic E-state index is 0.0272. The van der Waals surface area contributed by atoms with Crippen molar-refractivity contribution in [3.63, 3.8) is 0 Å². The highest BCUT2D eigenvalue weighted by molar-refractivity contribution is 7.45. The number of quaternary nitrogens is 1. The van der Waals surface area contributed by atoms with Crippen LogP contribution in [-0.4, -0.2) is 70.7 Å². The largest absolute Gasteiger partial charge is 0.756 e. The first-order valence-corrected chi connectivity index (χ1v) is 16.2. The van der Waals surface area contributed by atoms with Gasteiger partial charge in [-0.05, 0) is 6.42 Å². The predicted molar refractivity (Wildman–Crippen MR) is 148 cm³/mol. The highest BCUT2D eigenvalue weighted by Gasteiger charge is 2.19. The molecule has 0 aliphatic carbocycles. The lowest BCUT2D eigenvalue weighted by Crippen LogP contribution is -2.37. The third kappa shape index (κ3) is 26.9. The summed E-state index contributed by atoms with van der Waals surface area (Å²) in [6.07, 6.45) is 19.0. The summed E-state index contributed by atoms with van der Waals surface area (Å²) in [5.74, 6) is -0.421. The third-order valence-corrected chi connectivity index (χ3v) is 7.18. The van der Waals surface area contributed by atoms with Crippen molar-refractivity contribution in [3.05, 3.63) is 0 Å². The monoisotopic (exact) mass is 551 g/mol. The Morgan fingerprint density at radius 2 is 1.22 bits per heavy atom. The first-order chi connectivity index (χ1) is 17.6. The van der Waals surface area contributed by atoms with Crippen LogP contribution in [0.15, 0.2) is 0 Å². The average Bonchev–Trinajstić information content (AvgIpc) is 2.83. The molecule has 0 spiro atoms. The molecule has 0 amide bonds. The SMILES string of the molecule is CCCCCCCCCCCCCCCCCOCC(COP(=O)([O-])OCC[N+](C)(C)C)OC(=O)CC. The molecule has 0 heterocycles. The van der Waals surface area contributed by atoms with Crippen molar-refractivity contribution in [2.75, 3.05) is 54.1 Å². The molecule has 37 heavy (non-hydrogen) atoms. The second-order valence-electron chi connectivity index (χ2n) is 11.1. The quantitative estimate of drug-likeness (QED) is 0.0504. The van der Waals surface area contributed by atoms with Gasteiger partial charge in [-0.2, -0.15) is 0 Å². The Bertz CT molecular complexity index is 583. The van der Waals surface area contributed by atoms with E-state index in [4.69, 9.17) is 18.5 Å². The van der Waals surface area contributed by atoms with Crippen LogP contribution >= 0.6 is 7.82 Å². The predicted octanol–water partition coefficient (Wildman–Crippen LogP) is 6.40. The smallest absolute Gasteiger partial charge is 0.305 e. The zero-order valence-corrected chi connectivity index (χ0v) is 25.6. The molecule has 2 atom stereocenters. The summed E-state index contributed by atoms with van der Waals surface area (Å²) in [5, 5.41) is 0. The van der Waals surface area contributed by atoms with E-state index in [0.717, 1.165) is 12.8 Å². The van der Waals surface area contributed by atoms with Gasteiger partial charge in [0.2, 0.25) is 0 Å². The van der Waals surface area contributed by atoms with Crippen molar-refractivity contribution in [1.29, 1.82) is 0 Å². The van der Waals surface area contributed by atoms with E-state index in [0.29, 0.717) is 17.6 Å². The number of hydrogen-bond acceptors (Lipinski definition) is 7. The second kappa shape index (κ2) is 23.4. The topological polar surface area (TPSA) is 94.1 Å². The maximum absolute atomic E-state index is 12.0. The number of ether oxygens (including phenoxy) is 2. The fourth-order valence-corrected chi connectivity index (χ4v) is 4.54. The number of carbonyl (C=O) groups is 1. The molecule has 0 saturated heterocycles. The van der Waals surface area contributed by atoms with Crippen LogP contribution in [0.5, 0.6) is 0 Å². The molecule has 0 aliphatic rings. The summed E-state index contributed by atoms with van der Waals surface area (Å²) in [7, 11) is 1.35. The zero-order valence-electron chi connectivity index (χ0n) is 24.7. The molecule has 2 unspecified atom stereocenters. The minimum Gasteiger partial charge on any atom is -0.756 e. The van der Waals surface area contributed by atoms with Gasteiger partial charge >= 0.3 is 5.97 Å². The molecule has 0 N–H and O–H groups in total. The van der Waals surface area contributed by atoms with Gasteiger partial charge in [-0.15, -0.1) is 0 Å². The molecule has 8 nitrogen and oxygen atoms in total. The Kier molecular flexibility index (Phi) is 23.1. The normalized spacial score (nSPS) is 14.4. The molecule has 0 fully saturated rings. The molecule has 0 saturated carbocycles. The van der Waals surface area contributed by atoms with Gasteiger partial charge in [0.25, 0.3) is 7.82 Å². The lowest BCUT2D eigenvalue weighted by atomic mass is 10.0. The number of hydrogen-bond donors (Lipinski definition) is 0. The van der Waals surface area contributed by atoms with Gasteiger partial charge in [0, 0.05) is 13.0 Å². The van der Waals surface area contributed by atoms with E-state index in [-0.39, 0.29) is 26.2 Å². The summed E-state index contributed by atoms with van der Waals surface area (Å²) >= 11 is 0. The highest BCUT2D eigenvalue weighted by Crippen LogP contribution is 2.38. The van der Waals surface area contributed by atoms with E-state index in [9.17, 15) is 14.3 Å². The van der Waals surface area contributed by atoms with E-state index >= 15 is 0 Å². The Morgan fingerprint density at radius 3 is 1.68 bits per heavy atom. The van der Waals surface area contributed by atoms with Crippen LogP contribution in [0.4, 0.5) is 0 Å². The maximum Gasteiger partial charge on any atom is 0.305 e. The van der Waals surface area contributed by atoms with E-state index in [2.05, 4.69) is 6.92 Å². The van der Waals surface area contributed by atoms with Gasteiger partial charge in [-0.1, -0.05) is 104 Å². The van der Waals surface area contributed by atoms with Gasteiger partial charge in [0.15, 0.2) is 0 Å². The van der Waals surface area contributed by atoms with Crippen LogP contribution < -0.4 is 4.89 Å². The van der Waals surface area contributed by atoms with Crippen molar-refractivity contribution in [3.8, 4) is 0 Å². The Hall–Kier alpha value is -0.500. The lowest BCUT2D eigenvalue weighted by Gasteiger charge is -2.28. The van der Waals surface area contributed by atoms with Crippen molar-refractivity contribution in [2.24, 2.45) is 0 Å². The van der Waals surface area contributed by atoms with Gasteiger partial charge < -0.3 is 27.9 Å². The number of phosphoric acid groups is 1. The van der Waals surface area contributed by atoms with Crippen LogP contribution in [0.1, 0.15) is 117 Å². The van der Waals surface area contributed by atoms with Crippen LogP contribution in [0, 0.1) is 0 Å². The van der Waals surface area contributed by atoms with Crippen molar-refractivity contribution >= 4 is 13.8 Å². The maximum atomic E-state index is 12.0. The van der Waals surface area contributed by atoms with Crippen molar-refractivity contribution in [1.82, 2.24) is 0 Å². The Morgan fingerprint density at radius 1 is 0.730 bits per heavy atom. The lowest BCUT2D eigenvalue weighted by molar-refractivity contribution is -0.870. The molecule has 222 valence electrons. The first kappa shape index (κ1) is 36.5. The average molecular weight is 552 g/mol. The summed E-state index contributed by atoms with van der Waals surface area (Å²) in [4.78, 5) is 23.7. The second-order valence-corrected chi connectivity index (χ2v) is 12.5. The molecule has 0 aromatic rings. The molecule has 0 aromatic carbocycles. The molecular weight excluding hydrogens is 493 g/mol. The van der Waals surface area contributed by atoms with Crippen LogP contribution in [0.25, 0.3) is 0 Å². The summed E-state index contributed by atoms with van der Waals surface area (Å²) in [5.41, 5.74) is 0. The molecule has 9 heteroatoms. The molecule has 0 radical (unpaired) electrons. The molecular formula is C28H58NO7P. The van der Waals surface area contributed by atoms with E-state index in [1.54, 1.807) is 6.92 Å². The van der Waals surface area contributed by atoms with Gasteiger partial charge in [0.1, 0.15) is 19.3 Å². The molecule has 0 aromatic heterocycles. The van der Waals surface area contributed by atoms with Crippen LogP contribution in [-0.2, 0) is 27.9 Å². The number of nitrogens with zero attached hydrogens (tertiary/aromatic N) is 1. The van der Waals surface area contributed by atoms with Crippen LogP contribution in [0.2, 0.25) is 0 Å². The zero-order chi connectivity index (χ0) is 27.8. The standard InChI is InChI=1S/C28H58NO7P/c1-6-8-9-10-11-12-13-14-15-16-17-18-19-20-21-23-33-25-27(36-28(30)7-2)26-35-37(31,32)34-24-22-29(3,4)5/h27H,6-26H2,1-5H3. The van der Waals surface area contributed by atoms with E-state index in [1.807, 2.05) is 21.1 Å². The fraction of sp³-hybridized carbons (Fsp3) is 0.964. The van der Waals surface area contributed by atoms with Crippen molar-refractivity contribution < 1.29 is 37.3 Å². The molecule has 0 bridgehead atoms. The van der Waals surface area contributed by atoms with E-state index in [1.165, 1.54) is 83.5 Å². The summed E-state index contributed by atoms with van der Waals surface area (Å²) in [6.45, 7) is 4.83. The summed E-state index contributed by atoms with van der Waals surface area (Å²) < 4.78 is 33.4. The molecule has 0 aliphatic heterocycles. The first-order valence-electron chi connectivity index (χ1n) is 14.8. The fourth-order valence-electron chi connectivity index (χ4n) is 3.81. The number of unbranched alkanes of at least 4 members (excludes halogenated alkanes) is 14. The number of rotatable bonds is 27. The number of phosphoric ester groups is 1. The van der Waals surface area contributed by atoms with Crippen molar-refractivity contribution in [2.45, 2.75) is 123 Å². The van der Waals surface area contributed by atoms with Gasteiger partial charge in [0.05, 0.1) is 34.4 Å². The number of carbonyl (C=O) groups excluding carboxylic acids is 1. The van der Waals surface area contributed by atoms with Crippen LogP contribution in [0.3, 0.4) is 0 Å². The number of esters is 1.